The van der Waals surface area contributed by atoms with Crippen molar-refractivity contribution in [3.63, 3.8) is 0 Å². The molecule has 0 spiro atoms. The van der Waals surface area contributed by atoms with Crippen molar-refractivity contribution in [3.05, 3.63) is 40.1 Å². The fourth-order valence-electron chi connectivity index (χ4n) is 2.95. The van der Waals surface area contributed by atoms with Crippen LogP contribution in [0.1, 0.15) is 47.4 Å². The molecule has 1 fully saturated rings. The Bertz CT molecular complexity index is 791. The van der Waals surface area contributed by atoms with Gasteiger partial charge in [-0.15, -0.1) is 10.2 Å². The van der Waals surface area contributed by atoms with Crippen molar-refractivity contribution in [1.82, 2.24) is 15.1 Å². The molecule has 2 amide bonds. The molecule has 1 aromatic carbocycles. The Morgan fingerprint density at radius 2 is 2.00 bits per heavy atom. The van der Waals surface area contributed by atoms with Gasteiger partial charge in [0.15, 0.2) is 0 Å². The predicted molar refractivity (Wildman–Crippen MR) is 97.7 cm³/mol. The number of anilines is 1. The number of rotatable bonds is 4. The maximum Gasteiger partial charge on any atom is 0.286 e. The highest BCUT2D eigenvalue weighted by Crippen LogP contribution is 2.30. The number of hydrogen-bond donors (Lipinski definition) is 1. The van der Waals surface area contributed by atoms with E-state index >= 15 is 0 Å². The molecule has 2 aromatic rings. The smallest absolute Gasteiger partial charge is 0.286 e. The van der Waals surface area contributed by atoms with Crippen molar-refractivity contribution in [2.45, 2.75) is 32.6 Å². The zero-order chi connectivity index (χ0) is 18.7. The van der Waals surface area contributed by atoms with Crippen LogP contribution in [-0.4, -0.2) is 40.0 Å². The molecule has 6 nitrogen and oxygen atoms in total. The number of piperidine rings is 1. The van der Waals surface area contributed by atoms with Crippen molar-refractivity contribution in [3.8, 4) is 0 Å². The highest BCUT2D eigenvalue weighted by Gasteiger charge is 2.28. The van der Waals surface area contributed by atoms with Gasteiger partial charge in [0.1, 0.15) is 10.8 Å². The first kappa shape index (κ1) is 18.4. The van der Waals surface area contributed by atoms with Gasteiger partial charge in [0.2, 0.25) is 10.9 Å². The molecule has 1 aromatic heterocycles. The Morgan fingerprint density at radius 3 is 2.69 bits per heavy atom. The van der Waals surface area contributed by atoms with Gasteiger partial charge in [0.05, 0.1) is 0 Å². The van der Waals surface area contributed by atoms with Crippen molar-refractivity contribution in [2.24, 2.45) is 5.92 Å². The van der Waals surface area contributed by atoms with E-state index in [0.29, 0.717) is 12.2 Å². The molecule has 1 N–H and O–H groups in total. The SMILES string of the molecule is CC(C)C(=O)N1CCC[C@H](c2nnc(C(=O)Nc3ccc(F)cc3)s2)C1. The third-order valence-electron chi connectivity index (χ3n) is 4.31. The normalized spacial score (nSPS) is 17.4. The fraction of sp³-hybridized carbons (Fsp3) is 0.444. The van der Waals surface area contributed by atoms with Gasteiger partial charge in [-0.2, -0.15) is 0 Å². The van der Waals surface area contributed by atoms with E-state index in [1.807, 2.05) is 18.7 Å². The molecular weight excluding hydrogens is 355 g/mol. The monoisotopic (exact) mass is 376 g/mol. The number of aromatic nitrogens is 2. The van der Waals surface area contributed by atoms with E-state index in [1.165, 1.54) is 35.6 Å². The molecule has 8 heteroatoms. The highest BCUT2D eigenvalue weighted by molar-refractivity contribution is 7.13. The lowest BCUT2D eigenvalue weighted by molar-refractivity contribution is -0.135. The molecule has 0 bridgehead atoms. The van der Waals surface area contributed by atoms with Crippen LogP contribution in [0.4, 0.5) is 10.1 Å². The minimum atomic E-state index is -0.369. The second-order valence-corrected chi connectivity index (χ2v) is 7.69. The molecule has 1 saturated heterocycles. The first-order valence-corrected chi connectivity index (χ1v) is 9.45. The number of likely N-dealkylation sites (tertiary alicyclic amines) is 1. The van der Waals surface area contributed by atoms with Gasteiger partial charge in [0.25, 0.3) is 5.91 Å². The van der Waals surface area contributed by atoms with Crippen molar-refractivity contribution < 1.29 is 14.0 Å². The van der Waals surface area contributed by atoms with Crippen molar-refractivity contribution in [2.75, 3.05) is 18.4 Å². The van der Waals surface area contributed by atoms with Gasteiger partial charge in [-0.25, -0.2) is 4.39 Å². The molecule has 3 rings (SSSR count). The molecule has 1 atom stereocenters. The van der Waals surface area contributed by atoms with Gasteiger partial charge in [-0.1, -0.05) is 25.2 Å². The number of hydrogen-bond acceptors (Lipinski definition) is 5. The zero-order valence-corrected chi connectivity index (χ0v) is 15.6. The summed E-state index contributed by atoms with van der Waals surface area (Å²) in [5.41, 5.74) is 0.500. The van der Waals surface area contributed by atoms with E-state index in [4.69, 9.17) is 0 Å². The molecule has 0 radical (unpaired) electrons. The average Bonchev–Trinajstić information content (AvgIpc) is 3.13. The molecular formula is C18H21FN4O2S. The standard InChI is InChI=1S/C18H21FN4O2S/c1-11(2)18(25)23-9-3-4-12(10-23)16-21-22-17(26-16)15(24)20-14-7-5-13(19)6-8-14/h5-8,11-12H,3-4,9-10H2,1-2H3,(H,20,24)/t12-/m0/s1. The quantitative estimate of drug-likeness (QED) is 0.888. The summed E-state index contributed by atoms with van der Waals surface area (Å²) >= 11 is 1.25. The van der Waals surface area contributed by atoms with Crippen LogP contribution in [0.3, 0.4) is 0 Å². The summed E-state index contributed by atoms with van der Waals surface area (Å²) in [6.45, 7) is 5.18. The second-order valence-electron chi connectivity index (χ2n) is 6.68. The first-order chi connectivity index (χ1) is 12.4. The minimum absolute atomic E-state index is 0.0276. The van der Waals surface area contributed by atoms with E-state index in [1.54, 1.807) is 0 Å². The Hall–Kier alpha value is -2.35. The van der Waals surface area contributed by atoms with E-state index in [9.17, 15) is 14.0 Å². The number of halogens is 1. The molecule has 26 heavy (non-hydrogen) atoms. The molecule has 138 valence electrons. The number of nitrogens with zero attached hydrogens (tertiary/aromatic N) is 3. The number of amides is 2. The molecule has 0 unspecified atom stereocenters. The highest BCUT2D eigenvalue weighted by atomic mass is 32.1. The molecule has 0 aliphatic carbocycles. The summed E-state index contributed by atoms with van der Waals surface area (Å²) in [7, 11) is 0. The molecule has 0 saturated carbocycles. The lowest BCUT2D eigenvalue weighted by Gasteiger charge is -2.32. The topological polar surface area (TPSA) is 75.2 Å². The third kappa shape index (κ3) is 4.24. The maximum absolute atomic E-state index is 12.9. The average molecular weight is 376 g/mol. The second kappa shape index (κ2) is 7.90. The van der Waals surface area contributed by atoms with E-state index in [2.05, 4.69) is 15.5 Å². The van der Waals surface area contributed by atoms with Gasteiger partial charge in [-0.3, -0.25) is 9.59 Å². The van der Waals surface area contributed by atoms with Gasteiger partial charge in [0, 0.05) is 30.6 Å². The van der Waals surface area contributed by atoms with Crippen molar-refractivity contribution >= 4 is 28.8 Å². The molecule has 1 aliphatic rings. The Kier molecular flexibility index (Phi) is 5.61. The summed E-state index contributed by atoms with van der Waals surface area (Å²) in [6, 6.07) is 5.55. The van der Waals surface area contributed by atoms with Crippen LogP contribution < -0.4 is 5.32 Å². The first-order valence-electron chi connectivity index (χ1n) is 8.63. The van der Waals surface area contributed by atoms with Crippen LogP contribution in [0.15, 0.2) is 24.3 Å². The summed E-state index contributed by atoms with van der Waals surface area (Å²) < 4.78 is 12.9. The van der Waals surface area contributed by atoms with Crippen LogP contribution in [0.2, 0.25) is 0 Å². The van der Waals surface area contributed by atoms with Crippen LogP contribution in [0.25, 0.3) is 0 Å². The lowest BCUT2D eigenvalue weighted by atomic mass is 9.97. The van der Waals surface area contributed by atoms with Gasteiger partial charge < -0.3 is 10.2 Å². The third-order valence-corrected chi connectivity index (χ3v) is 5.40. The lowest BCUT2D eigenvalue weighted by Crippen LogP contribution is -2.41. The van der Waals surface area contributed by atoms with E-state index in [0.717, 1.165) is 24.4 Å². The molecule has 2 heterocycles. The van der Waals surface area contributed by atoms with Crippen LogP contribution >= 0.6 is 11.3 Å². The Morgan fingerprint density at radius 1 is 1.27 bits per heavy atom. The predicted octanol–water partition coefficient (Wildman–Crippen LogP) is 3.29. The summed E-state index contributed by atoms with van der Waals surface area (Å²) in [5, 5.41) is 11.9. The maximum atomic E-state index is 12.9. The minimum Gasteiger partial charge on any atom is -0.342 e. The fourth-order valence-corrected chi connectivity index (χ4v) is 3.82. The number of nitrogens with one attached hydrogen (secondary N) is 1. The summed E-state index contributed by atoms with van der Waals surface area (Å²) in [5.74, 6) is -0.504. The van der Waals surface area contributed by atoms with Crippen LogP contribution in [-0.2, 0) is 4.79 Å². The summed E-state index contributed by atoms with van der Waals surface area (Å²) in [4.78, 5) is 26.4. The Balaban J connectivity index is 1.66. The number of benzene rings is 1. The zero-order valence-electron chi connectivity index (χ0n) is 14.7. The van der Waals surface area contributed by atoms with Crippen molar-refractivity contribution in [1.29, 1.82) is 0 Å². The van der Waals surface area contributed by atoms with Crippen LogP contribution in [0.5, 0.6) is 0 Å². The van der Waals surface area contributed by atoms with E-state index < -0.39 is 0 Å². The number of carbonyl (C=O) groups excluding carboxylic acids is 2. The largest absolute Gasteiger partial charge is 0.342 e. The van der Waals surface area contributed by atoms with Gasteiger partial charge >= 0.3 is 0 Å². The van der Waals surface area contributed by atoms with Crippen LogP contribution in [0, 0.1) is 11.7 Å². The number of carbonyl (C=O) groups is 2. The summed E-state index contributed by atoms with van der Waals surface area (Å²) in [6.07, 6.45) is 1.84. The Labute approximate surface area is 155 Å². The molecule has 1 aliphatic heterocycles. The van der Waals surface area contributed by atoms with E-state index in [-0.39, 0.29) is 34.5 Å². The van der Waals surface area contributed by atoms with Gasteiger partial charge in [-0.05, 0) is 37.1 Å².